The third-order valence-electron chi connectivity index (χ3n) is 3.02. The zero-order valence-corrected chi connectivity index (χ0v) is 11.6. The van der Waals surface area contributed by atoms with Crippen molar-refractivity contribution in [2.75, 3.05) is 6.61 Å². The highest BCUT2D eigenvalue weighted by atomic mass is 16.5. The molecule has 0 saturated heterocycles. The summed E-state index contributed by atoms with van der Waals surface area (Å²) in [4.78, 5) is 11.7. The van der Waals surface area contributed by atoms with Crippen molar-refractivity contribution >= 4 is 5.97 Å². The summed E-state index contributed by atoms with van der Waals surface area (Å²) >= 11 is 0. The molecule has 1 unspecified atom stereocenters. The summed E-state index contributed by atoms with van der Waals surface area (Å²) in [6.45, 7) is 8.52. The third-order valence-corrected chi connectivity index (χ3v) is 3.02. The number of carbonyl (C=O) groups excluding carboxylic acids is 1. The monoisotopic (exact) mass is 250 g/mol. The van der Waals surface area contributed by atoms with Crippen molar-refractivity contribution in [3.63, 3.8) is 0 Å². The molecule has 0 heterocycles. The maximum absolute atomic E-state index is 11.7. The molecule has 1 aromatic carbocycles. The number of hydrogen-bond donors (Lipinski definition) is 1. The van der Waals surface area contributed by atoms with Crippen molar-refractivity contribution < 1.29 is 14.6 Å². The van der Waals surface area contributed by atoms with Crippen molar-refractivity contribution in [2.45, 2.75) is 40.0 Å². The Balaban J connectivity index is 2.92. The van der Waals surface area contributed by atoms with Crippen molar-refractivity contribution in [1.29, 1.82) is 0 Å². The zero-order valence-electron chi connectivity index (χ0n) is 11.6. The van der Waals surface area contributed by atoms with Crippen LogP contribution in [0.2, 0.25) is 0 Å². The van der Waals surface area contributed by atoms with Gasteiger partial charge < -0.3 is 9.84 Å². The summed E-state index contributed by atoms with van der Waals surface area (Å²) in [6, 6.07) is 7.04. The van der Waals surface area contributed by atoms with Gasteiger partial charge in [0.15, 0.2) is 0 Å². The van der Waals surface area contributed by atoms with Crippen molar-refractivity contribution in [3.8, 4) is 5.75 Å². The number of carbonyl (C=O) groups is 1. The molecule has 0 fully saturated rings. The second kappa shape index (κ2) is 5.89. The molecule has 1 rings (SSSR count). The summed E-state index contributed by atoms with van der Waals surface area (Å²) in [5, 5.41) is 9.32. The minimum Gasteiger partial charge on any atom is -0.508 e. The van der Waals surface area contributed by atoms with Crippen LogP contribution in [0.1, 0.15) is 45.6 Å². The second-order valence-corrected chi connectivity index (χ2v) is 5.52. The van der Waals surface area contributed by atoms with Crippen LogP contribution in [-0.4, -0.2) is 17.7 Å². The molecule has 0 saturated carbocycles. The molecular formula is C15H22O3. The number of benzene rings is 1. The highest BCUT2D eigenvalue weighted by Gasteiger charge is 2.28. The summed E-state index contributed by atoms with van der Waals surface area (Å²) in [6.07, 6.45) is 0.363. The fraction of sp³-hybridized carbons (Fsp3) is 0.533. The molecule has 1 atom stereocenters. The van der Waals surface area contributed by atoms with Gasteiger partial charge in [-0.25, -0.2) is 0 Å². The minimum atomic E-state index is -0.175. The number of esters is 1. The molecule has 3 nitrogen and oxygen atoms in total. The largest absolute Gasteiger partial charge is 0.508 e. The second-order valence-electron chi connectivity index (χ2n) is 5.52. The van der Waals surface area contributed by atoms with E-state index in [1.165, 1.54) is 0 Å². The summed E-state index contributed by atoms with van der Waals surface area (Å²) in [5.74, 6) is 0.144. The van der Waals surface area contributed by atoms with Crippen LogP contribution < -0.4 is 0 Å². The Morgan fingerprint density at radius 2 is 1.83 bits per heavy atom. The van der Waals surface area contributed by atoms with E-state index in [4.69, 9.17) is 4.74 Å². The molecule has 0 radical (unpaired) electrons. The van der Waals surface area contributed by atoms with Gasteiger partial charge in [0.1, 0.15) is 5.75 Å². The summed E-state index contributed by atoms with van der Waals surface area (Å²) in [5.41, 5.74) is 1.01. The first-order valence-corrected chi connectivity index (χ1v) is 6.29. The van der Waals surface area contributed by atoms with E-state index >= 15 is 0 Å². The van der Waals surface area contributed by atoms with Crippen molar-refractivity contribution in [3.05, 3.63) is 29.8 Å². The smallest absolute Gasteiger partial charge is 0.306 e. The zero-order chi connectivity index (χ0) is 13.8. The topological polar surface area (TPSA) is 46.5 Å². The van der Waals surface area contributed by atoms with E-state index in [2.05, 4.69) is 20.8 Å². The standard InChI is InChI=1S/C15H22O3/c1-5-18-14(17)10-13(15(2,3)4)11-6-8-12(16)9-7-11/h6-9,13,16H,5,10H2,1-4H3. The van der Waals surface area contributed by atoms with E-state index in [-0.39, 0.29) is 23.1 Å². The minimum absolute atomic E-state index is 0.0380. The SMILES string of the molecule is CCOC(=O)CC(c1ccc(O)cc1)C(C)(C)C. The van der Waals surface area contributed by atoms with Gasteiger partial charge in [0.25, 0.3) is 0 Å². The van der Waals surface area contributed by atoms with Crippen LogP contribution in [-0.2, 0) is 9.53 Å². The molecule has 1 aromatic rings. The van der Waals surface area contributed by atoms with Gasteiger partial charge in [-0.2, -0.15) is 0 Å². The lowest BCUT2D eigenvalue weighted by Crippen LogP contribution is -2.22. The molecule has 100 valence electrons. The Labute approximate surface area is 109 Å². The molecule has 0 aliphatic heterocycles. The predicted molar refractivity (Wildman–Crippen MR) is 71.6 cm³/mol. The molecule has 0 spiro atoms. The van der Waals surface area contributed by atoms with Gasteiger partial charge in [0, 0.05) is 0 Å². The fourth-order valence-corrected chi connectivity index (χ4v) is 2.02. The number of rotatable bonds is 4. The predicted octanol–water partition coefficient (Wildman–Crippen LogP) is 3.48. The van der Waals surface area contributed by atoms with E-state index in [0.29, 0.717) is 13.0 Å². The number of ether oxygens (including phenoxy) is 1. The van der Waals surface area contributed by atoms with Crippen LogP contribution in [0.25, 0.3) is 0 Å². The number of hydrogen-bond acceptors (Lipinski definition) is 3. The van der Waals surface area contributed by atoms with E-state index < -0.39 is 0 Å². The summed E-state index contributed by atoms with van der Waals surface area (Å²) < 4.78 is 5.02. The third kappa shape index (κ3) is 4.06. The Kier molecular flexibility index (Phi) is 4.76. The molecule has 0 aromatic heterocycles. The van der Waals surface area contributed by atoms with Crippen LogP contribution in [0, 0.1) is 5.41 Å². The Morgan fingerprint density at radius 1 is 1.28 bits per heavy atom. The van der Waals surface area contributed by atoms with Crippen LogP contribution in [0.5, 0.6) is 5.75 Å². The Hall–Kier alpha value is -1.51. The molecule has 0 aliphatic rings. The number of phenols is 1. The fourth-order valence-electron chi connectivity index (χ4n) is 2.02. The van der Waals surface area contributed by atoms with E-state index in [1.807, 2.05) is 19.1 Å². The molecule has 0 bridgehead atoms. The van der Waals surface area contributed by atoms with E-state index in [0.717, 1.165) is 5.56 Å². The van der Waals surface area contributed by atoms with Crippen molar-refractivity contribution in [1.82, 2.24) is 0 Å². The molecular weight excluding hydrogens is 228 g/mol. The lowest BCUT2D eigenvalue weighted by molar-refractivity contribution is -0.144. The van der Waals surface area contributed by atoms with Gasteiger partial charge in [-0.05, 0) is 36.0 Å². The molecule has 1 N–H and O–H groups in total. The van der Waals surface area contributed by atoms with Crippen LogP contribution >= 0.6 is 0 Å². The normalized spacial score (nSPS) is 13.1. The molecule has 18 heavy (non-hydrogen) atoms. The maximum Gasteiger partial charge on any atom is 0.306 e. The number of phenolic OH excluding ortho intramolecular Hbond substituents is 1. The van der Waals surface area contributed by atoms with Gasteiger partial charge in [0.05, 0.1) is 13.0 Å². The lowest BCUT2D eigenvalue weighted by atomic mass is 9.74. The Morgan fingerprint density at radius 3 is 2.28 bits per heavy atom. The molecule has 3 heteroatoms. The number of aromatic hydroxyl groups is 1. The maximum atomic E-state index is 11.7. The molecule has 0 aliphatic carbocycles. The van der Waals surface area contributed by atoms with Gasteiger partial charge >= 0.3 is 5.97 Å². The summed E-state index contributed by atoms with van der Waals surface area (Å²) in [7, 11) is 0. The van der Waals surface area contributed by atoms with Crippen LogP contribution in [0.15, 0.2) is 24.3 Å². The van der Waals surface area contributed by atoms with Gasteiger partial charge in [-0.3, -0.25) is 4.79 Å². The molecule has 0 amide bonds. The van der Waals surface area contributed by atoms with Crippen LogP contribution in [0.3, 0.4) is 0 Å². The van der Waals surface area contributed by atoms with E-state index in [9.17, 15) is 9.90 Å². The lowest BCUT2D eigenvalue weighted by Gasteiger charge is -2.30. The first kappa shape index (κ1) is 14.6. The van der Waals surface area contributed by atoms with Crippen LogP contribution in [0.4, 0.5) is 0 Å². The average Bonchev–Trinajstić information content (AvgIpc) is 2.26. The Bertz CT molecular complexity index is 387. The first-order valence-electron chi connectivity index (χ1n) is 6.29. The van der Waals surface area contributed by atoms with Gasteiger partial charge in [-0.1, -0.05) is 32.9 Å². The highest BCUT2D eigenvalue weighted by Crippen LogP contribution is 2.38. The average molecular weight is 250 g/mol. The highest BCUT2D eigenvalue weighted by molar-refractivity contribution is 5.70. The van der Waals surface area contributed by atoms with Crippen molar-refractivity contribution in [2.24, 2.45) is 5.41 Å². The van der Waals surface area contributed by atoms with Gasteiger partial charge in [-0.15, -0.1) is 0 Å². The quantitative estimate of drug-likeness (QED) is 0.832. The van der Waals surface area contributed by atoms with Gasteiger partial charge in [0.2, 0.25) is 0 Å². The van der Waals surface area contributed by atoms with E-state index in [1.54, 1.807) is 12.1 Å². The first-order chi connectivity index (χ1) is 8.34.